The summed E-state index contributed by atoms with van der Waals surface area (Å²) >= 11 is 6.14. The SMILES string of the molecule is COc1ccc(NC(=O)c2ccc(Nc3ccc(C)c(Cl)c3)cn2)cc1OC. The lowest BCUT2D eigenvalue weighted by Crippen LogP contribution is -2.13. The normalized spacial score (nSPS) is 10.3. The second-order valence-electron chi connectivity index (χ2n) is 6.04. The zero-order valence-electron chi connectivity index (χ0n) is 15.7. The van der Waals surface area contributed by atoms with Crippen LogP contribution in [0.5, 0.6) is 11.5 Å². The average Bonchev–Trinajstić information content (AvgIpc) is 2.71. The number of aryl methyl sites for hydroxylation is 1. The van der Waals surface area contributed by atoms with Crippen LogP contribution in [0.1, 0.15) is 16.1 Å². The molecule has 0 atom stereocenters. The van der Waals surface area contributed by atoms with Crippen molar-refractivity contribution in [1.82, 2.24) is 4.98 Å². The van der Waals surface area contributed by atoms with Crippen molar-refractivity contribution in [3.63, 3.8) is 0 Å². The van der Waals surface area contributed by atoms with Crippen LogP contribution >= 0.6 is 11.6 Å². The Bertz CT molecular complexity index is 991. The van der Waals surface area contributed by atoms with E-state index in [2.05, 4.69) is 15.6 Å². The number of carbonyl (C=O) groups is 1. The van der Waals surface area contributed by atoms with Gasteiger partial charge in [0.2, 0.25) is 0 Å². The molecule has 0 aliphatic carbocycles. The molecule has 0 radical (unpaired) electrons. The number of benzene rings is 2. The smallest absolute Gasteiger partial charge is 0.274 e. The molecule has 0 aliphatic heterocycles. The molecule has 0 aliphatic rings. The van der Waals surface area contributed by atoms with Gasteiger partial charge in [0.15, 0.2) is 11.5 Å². The summed E-state index contributed by atoms with van der Waals surface area (Å²) in [4.78, 5) is 16.7. The number of pyridine rings is 1. The number of ether oxygens (including phenoxy) is 2. The summed E-state index contributed by atoms with van der Waals surface area (Å²) in [5.74, 6) is 0.798. The maximum atomic E-state index is 12.4. The van der Waals surface area contributed by atoms with E-state index in [0.29, 0.717) is 27.9 Å². The lowest BCUT2D eigenvalue weighted by Gasteiger charge is -2.11. The van der Waals surface area contributed by atoms with Crippen LogP contribution in [-0.2, 0) is 0 Å². The summed E-state index contributed by atoms with van der Waals surface area (Å²) in [5, 5.41) is 6.68. The Morgan fingerprint density at radius 3 is 2.29 bits per heavy atom. The fourth-order valence-electron chi connectivity index (χ4n) is 2.55. The molecule has 3 rings (SSSR count). The summed E-state index contributed by atoms with van der Waals surface area (Å²) < 4.78 is 10.4. The second-order valence-corrected chi connectivity index (χ2v) is 6.45. The van der Waals surface area contributed by atoms with Crippen molar-refractivity contribution < 1.29 is 14.3 Å². The molecule has 0 unspecified atom stereocenters. The van der Waals surface area contributed by atoms with Crippen molar-refractivity contribution >= 4 is 34.6 Å². The Labute approximate surface area is 168 Å². The number of nitrogens with one attached hydrogen (secondary N) is 2. The Morgan fingerprint density at radius 1 is 0.929 bits per heavy atom. The van der Waals surface area contributed by atoms with Crippen molar-refractivity contribution in [1.29, 1.82) is 0 Å². The summed E-state index contributed by atoms with van der Waals surface area (Å²) in [5.41, 5.74) is 3.48. The van der Waals surface area contributed by atoms with Crippen LogP contribution in [0.3, 0.4) is 0 Å². The molecule has 0 saturated carbocycles. The standard InChI is InChI=1S/C21H20ClN3O3/c1-13-4-5-14(10-17(13)22)24-16-6-8-18(23-12-16)21(26)25-15-7-9-19(27-2)20(11-15)28-3/h4-12,24H,1-3H3,(H,25,26). The topological polar surface area (TPSA) is 72.5 Å². The molecule has 144 valence electrons. The molecule has 1 heterocycles. The number of halogens is 1. The predicted molar refractivity (Wildman–Crippen MR) is 111 cm³/mol. The quantitative estimate of drug-likeness (QED) is 0.608. The first kappa shape index (κ1) is 19.5. The van der Waals surface area contributed by atoms with Gasteiger partial charge in [-0.1, -0.05) is 17.7 Å². The molecule has 0 saturated heterocycles. The van der Waals surface area contributed by atoms with Crippen molar-refractivity contribution in [2.24, 2.45) is 0 Å². The highest BCUT2D eigenvalue weighted by atomic mass is 35.5. The zero-order chi connectivity index (χ0) is 20.1. The third-order valence-electron chi connectivity index (χ3n) is 4.10. The van der Waals surface area contributed by atoms with E-state index < -0.39 is 0 Å². The lowest BCUT2D eigenvalue weighted by molar-refractivity contribution is 0.102. The number of carbonyl (C=O) groups excluding carboxylic acids is 1. The van der Waals surface area contributed by atoms with Crippen LogP contribution in [0.25, 0.3) is 0 Å². The van der Waals surface area contributed by atoms with E-state index in [0.717, 1.165) is 16.9 Å². The van der Waals surface area contributed by atoms with Crippen LogP contribution < -0.4 is 20.1 Å². The third kappa shape index (κ3) is 4.53. The number of methoxy groups -OCH3 is 2. The van der Waals surface area contributed by atoms with Gasteiger partial charge < -0.3 is 20.1 Å². The Balaban J connectivity index is 1.69. The highest BCUT2D eigenvalue weighted by molar-refractivity contribution is 6.31. The van der Waals surface area contributed by atoms with E-state index in [1.165, 1.54) is 7.11 Å². The van der Waals surface area contributed by atoms with Crippen LogP contribution in [0.15, 0.2) is 54.7 Å². The minimum Gasteiger partial charge on any atom is -0.493 e. The van der Waals surface area contributed by atoms with Gasteiger partial charge in [0.05, 0.1) is 26.1 Å². The van der Waals surface area contributed by atoms with Crippen molar-refractivity contribution in [2.45, 2.75) is 6.92 Å². The third-order valence-corrected chi connectivity index (χ3v) is 4.51. The van der Waals surface area contributed by atoms with Crippen molar-refractivity contribution in [3.05, 3.63) is 71.0 Å². The monoisotopic (exact) mass is 397 g/mol. The van der Waals surface area contributed by atoms with Crippen molar-refractivity contribution in [3.8, 4) is 11.5 Å². The maximum absolute atomic E-state index is 12.4. The number of rotatable bonds is 6. The van der Waals surface area contributed by atoms with Crippen molar-refractivity contribution in [2.75, 3.05) is 24.9 Å². The molecule has 28 heavy (non-hydrogen) atoms. The van der Waals surface area contributed by atoms with Crippen LogP contribution in [0.4, 0.5) is 17.1 Å². The Morgan fingerprint density at radius 2 is 1.64 bits per heavy atom. The summed E-state index contributed by atoms with van der Waals surface area (Å²) in [6, 6.07) is 14.3. The highest BCUT2D eigenvalue weighted by Crippen LogP contribution is 2.30. The number of anilines is 3. The van der Waals surface area contributed by atoms with Gasteiger partial charge in [-0.05, 0) is 48.9 Å². The summed E-state index contributed by atoms with van der Waals surface area (Å²) in [7, 11) is 3.10. The van der Waals surface area contributed by atoms with Crippen LogP contribution in [-0.4, -0.2) is 25.1 Å². The summed E-state index contributed by atoms with van der Waals surface area (Å²) in [6.45, 7) is 1.94. The van der Waals surface area contributed by atoms with E-state index in [9.17, 15) is 4.79 Å². The number of aromatic nitrogens is 1. The number of amides is 1. The lowest BCUT2D eigenvalue weighted by atomic mass is 10.2. The average molecular weight is 398 g/mol. The van der Waals surface area contributed by atoms with Crippen LogP contribution in [0.2, 0.25) is 5.02 Å². The number of nitrogens with zero attached hydrogens (tertiary/aromatic N) is 1. The number of hydrogen-bond donors (Lipinski definition) is 2. The van der Waals surface area contributed by atoms with E-state index in [-0.39, 0.29) is 5.91 Å². The van der Waals surface area contributed by atoms with Gasteiger partial charge in [-0.3, -0.25) is 4.79 Å². The van der Waals surface area contributed by atoms with Gasteiger partial charge in [0, 0.05) is 22.5 Å². The van der Waals surface area contributed by atoms with Gasteiger partial charge >= 0.3 is 0 Å². The number of hydrogen-bond acceptors (Lipinski definition) is 5. The molecule has 6 nitrogen and oxygen atoms in total. The molecule has 2 N–H and O–H groups in total. The molecular weight excluding hydrogens is 378 g/mol. The molecule has 1 amide bonds. The van der Waals surface area contributed by atoms with E-state index in [4.69, 9.17) is 21.1 Å². The van der Waals surface area contributed by atoms with E-state index in [1.807, 2.05) is 25.1 Å². The fraction of sp³-hybridized carbons (Fsp3) is 0.143. The molecule has 0 bridgehead atoms. The predicted octanol–water partition coefficient (Wildman–Crippen LogP) is 5.06. The van der Waals surface area contributed by atoms with Gasteiger partial charge in [-0.25, -0.2) is 4.98 Å². The van der Waals surface area contributed by atoms with E-state index in [1.54, 1.807) is 43.6 Å². The first-order valence-corrected chi connectivity index (χ1v) is 8.90. The van der Waals surface area contributed by atoms with Gasteiger partial charge in [-0.2, -0.15) is 0 Å². The molecule has 0 fully saturated rings. The molecule has 1 aromatic heterocycles. The Kier molecular flexibility index (Phi) is 6.01. The largest absolute Gasteiger partial charge is 0.493 e. The Hall–Kier alpha value is -3.25. The second kappa shape index (κ2) is 8.63. The molecular formula is C21H20ClN3O3. The zero-order valence-corrected chi connectivity index (χ0v) is 16.5. The van der Waals surface area contributed by atoms with Crippen LogP contribution in [0, 0.1) is 6.92 Å². The molecule has 0 spiro atoms. The van der Waals surface area contributed by atoms with Gasteiger partial charge in [-0.15, -0.1) is 0 Å². The minimum atomic E-state index is -0.322. The molecule has 7 heteroatoms. The van der Waals surface area contributed by atoms with Gasteiger partial charge in [0.1, 0.15) is 5.69 Å². The first-order chi connectivity index (χ1) is 13.5. The first-order valence-electron chi connectivity index (χ1n) is 8.53. The highest BCUT2D eigenvalue weighted by Gasteiger charge is 2.10. The van der Waals surface area contributed by atoms with E-state index >= 15 is 0 Å². The summed E-state index contributed by atoms with van der Waals surface area (Å²) in [6.07, 6.45) is 1.59. The molecule has 3 aromatic rings. The molecule has 2 aromatic carbocycles. The minimum absolute atomic E-state index is 0.294. The fourth-order valence-corrected chi connectivity index (χ4v) is 2.73. The van der Waals surface area contributed by atoms with Gasteiger partial charge in [0.25, 0.3) is 5.91 Å². The maximum Gasteiger partial charge on any atom is 0.274 e.